The molecule has 9 nitrogen and oxygen atoms in total. The van der Waals surface area contributed by atoms with Crippen LogP contribution in [0.2, 0.25) is 0 Å². The number of anilines is 1. The van der Waals surface area contributed by atoms with Gasteiger partial charge in [-0.1, -0.05) is 36.4 Å². The molecule has 0 unspecified atom stereocenters. The number of unbranched alkanes of at least 4 members (excludes halogenated alkanes) is 1. The Morgan fingerprint density at radius 3 is 2.76 bits per heavy atom. The Morgan fingerprint density at radius 1 is 1.16 bits per heavy atom. The lowest BCUT2D eigenvalue weighted by Crippen LogP contribution is -2.29. The van der Waals surface area contributed by atoms with Crippen LogP contribution in [0.25, 0.3) is 11.2 Å². The fourth-order valence-corrected chi connectivity index (χ4v) is 6.24. The predicted molar refractivity (Wildman–Crippen MR) is 133 cm³/mol. The SMILES string of the molecule is CCCCSc1nc(N[C@@H]2C[C@H]2c2ccc(F)c(F)c2)c2nnn([C@@H]3C[C@H](O)[C@H]4OC(C)(C)O[C@H]43)c2n1. The third-order valence-electron chi connectivity index (χ3n) is 7.24. The van der Waals surface area contributed by atoms with E-state index >= 15 is 0 Å². The second-order valence-electron chi connectivity index (χ2n) is 10.5. The van der Waals surface area contributed by atoms with E-state index in [0.717, 1.165) is 36.6 Å². The third kappa shape index (κ3) is 4.68. The molecule has 12 heteroatoms. The van der Waals surface area contributed by atoms with E-state index in [0.29, 0.717) is 28.6 Å². The van der Waals surface area contributed by atoms with Gasteiger partial charge in [-0.25, -0.2) is 23.4 Å². The van der Waals surface area contributed by atoms with Crippen LogP contribution in [-0.4, -0.2) is 66.0 Å². The van der Waals surface area contributed by atoms with Gasteiger partial charge in [-0.15, -0.1) is 5.10 Å². The largest absolute Gasteiger partial charge is 0.390 e. The molecule has 0 radical (unpaired) electrons. The van der Waals surface area contributed by atoms with Gasteiger partial charge in [-0.05, 0) is 44.4 Å². The van der Waals surface area contributed by atoms with Crippen LogP contribution in [0.15, 0.2) is 23.4 Å². The number of thioether (sulfide) groups is 1. The number of fused-ring (bicyclic) bond motifs is 2. The lowest BCUT2D eigenvalue weighted by molar-refractivity contribution is -0.165. The van der Waals surface area contributed by atoms with Crippen LogP contribution in [-0.2, 0) is 9.47 Å². The topological polar surface area (TPSA) is 107 Å². The number of aromatic nitrogens is 5. The van der Waals surface area contributed by atoms with E-state index in [1.165, 1.54) is 6.07 Å². The van der Waals surface area contributed by atoms with Gasteiger partial charge < -0.3 is 19.9 Å². The van der Waals surface area contributed by atoms with Crippen LogP contribution >= 0.6 is 11.8 Å². The van der Waals surface area contributed by atoms with Crippen molar-refractivity contribution >= 4 is 28.7 Å². The van der Waals surface area contributed by atoms with Crippen molar-refractivity contribution in [1.29, 1.82) is 0 Å². The molecule has 2 N–H and O–H groups in total. The highest BCUT2D eigenvalue weighted by Gasteiger charge is 2.55. The van der Waals surface area contributed by atoms with Gasteiger partial charge in [0.15, 0.2) is 39.6 Å². The van der Waals surface area contributed by atoms with Crippen LogP contribution in [0.1, 0.15) is 64.0 Å². The number of rotatable bonds is 8. The lowest BCUT2D eigenvalue weighted by Gasteiger charge is -2.22. The molecule has 3 fully saturated rings. The van der Waals surface area contributed by atoms with E-state index in [-0.39, 0.29) is 24.1 Å². The van der Waals surface area contributed by atoms with Crippen LogP contribution in [0.5, 0.6) is 0 Å². The zero-order valence-electron chi connectivity index (χ0n) is 20.9. The Kier molecular flexibility index (Phi) is 6.33. The van der Waals surface area contributed by atoms with Crippen LogP contribution in [0.4, 0.5) is 14.6 Å². The Bertz CT molecular complexity index is 1320. The summed E-state index contributed by atoms with van der Waals surface area (Å²) >= 11 is 1.57. The molecule has 198 valence electrons. The van der Waals surface area contributed by atoms with Gasteiger partial charge in [0.25, 0.3) is 0 Å². The number of aliphatic hydroxyl groups is 1. The summed E-state index contributed by atoms with van der Waals surface area (Å²) < 4.78 is 41.0. The van der Waals surface area contributed by atoms with Crippen LogP contribution in [0, 0.1) is 11.6 Å². The summed E-state index contributed by atoms with van der Waals surface area (Å²) in [5.74, 6) is -1.01. The smallest absolute Gasteiger partial charge is 0.191 e. The van der Waals surface area contributed by atoms with Crippen molar-refractivity contribution in [2.24, 2.45) is 0 Å². The van der Waals surface area contributed by atoms with E-state index in [4.69, 9.17) is 19.4 Å². The summed E-state index contributed by atoms with van der Waals surface area (Å²) in [4.78, 5) is 9.54. The minimum atomic E-state index is -0.851. The number of nitrogens with zero attached hydrogens (tertiary/aromatic N) is 5. The molecule has 0 bridgehead atoms. The molecule has 1 aromatic carbocycles. The molecule has 37 heavy (non-hydrogen) atoms. The quantitative estimate of drug-likeness (QED) is 0.251. The van der Waals surface area contributed by atoms with Crippen molar-refractivity contribution in [1.82, 2.24) is 25.0 Å². The minimum absolute atomic E-state index is 0.00616. The average molecular weight is 533 g/mol. The Morgan fingerprint density at radius 2 is 1.97 bits per heavy atom. The van der Waals surface area contributed by atoms with Gasteiger partial charge in [0.1, 0.15) is 12.2 Å². The third-order valence-corrected chi connectivity index (χ3v) is 8.17. The Balaban J connectivity index is 1.31. The van der Waals surface area contributed by atoms with Crippen molar-refractivity contribution in [3.8, 4) is 0 Å². The first kappa shape index (κ1) is 24.9. The van der Waals surface area contributed by atoms with E-state index < -0.39 is 29.6 Å². The van der Waals surface area contributed by atoms with Crippen molar-refractivity contribution in [2.45, 2.75) is 93.7 Å². The van der Waals surface area contributed by atoms with Gasteiger partial charge in [0, 0.05) is 24.1 Å². The molecule has 0 amide bonds. The maximum atomic E-state index is 13.8. The number of halogens is 2. The van der Waals surface area contributed by atoms with Crippen LogP contribution in [0.3, 0.4) is 0 Å². The van der Waals surface area contributed by atoms with Gasteiger partial charge in [-0.3, -0.25) is 0 Å². The highest BCUT2D eigenvalue weighted by atomic mass is 32.2. The zero-order valence-corrected chi connectivity index (χ0v) is 21.7. The molecular formula is C25H30F2N6O3S. The second-order valence-corrected chi connectivity index (χ2v) is 11.5. The Hall–Kier alpha value is -2.41. The summed E-state index contributed by atoms with van der Waals surface area (Å²) in [5.41, 5.74) is 1.83. The monoisotopic (exact) mass is 532 g/mol. The van der Waals surface area contributed by atoms with Crippen molar-refractivity contribution in [2.75, 3.05) is 11.1 Å². The lowest BCUT2D eigenvalue weighted by atomic mass is 10.1. The molecular weight excluding hydrogens is 502 g/mol. The molecule has 0 spiro atoms. The molecule has 2 aliphatic carbocycles. The molecule has 2 saturated carbocycles. The summed E-state index contributed by atoms with van der Waals surface area (Å²) in [6.45, 7) is 5.80. The van der Waals surface area contributed by atoms with E-state index in [1.54, 1.807) is 22.5 Å². The maximum absolute atomic E-state index is 13.8. The molecule has 6 rings (SSSR count). The molecule has 6 atom stereocenters. The van der Waals surface area contributed by atoms with Crippen LogP contribution < -0.4 is 5.32 Å². The van der Waals surface area contributed by atoms with Gasteiger partial charge in [-0.2, -0.15) is 0 Å². The molecule has 3 aromatic rings. The molecule has 3 aliphatic rings. The van der Waals surface area contributed by atoms with Gasteiger partial charge in [0.2, 0.25) is 0 Å². The fourth-order valence-electron chi connectivity index (χ4n) is 5.32. The number of hydrogen-bond donors (Lipinski definition) is 2. The van der Waals surface area contributed by atoms with Crippen molar-refractivity contribution in [3.05, 3.63) is 35.4 Å². The molecule has 1 saturated heterocycles. The summed E-state index contributed by atoms with van der Waals surface area (Å²) in [6.07, 6.45) is 1.77. The molecule has 1 aliphatic heterocycles. The van der Waals surface area contributed by atoms with E-state index in [9.17, 15) is 13.9 Å². The van der Waals surface area contributed by atoms with E-state index in [1.807, 2.05) is 13.8 Å². The first-order chi connectivity index (χ1) is 17.7. The first-order valence-corrected chi connectivity index (χ1v) is 13.7. The highest BCUT2D eigenvalue weighted by Crippen LogP contribution is 2.46. The van der Waals surface area contributed by atoms with E-state index in [2.05, 4.69) is 22.6 Å². The predicted octanol–water partition coefficient (Wildman–Crippen LogP) is 4.19. The standard InChI is InChI=1S/C25H30F2N6O3S/c1-4-5-8-37-24-29-22(28-16-10-13(16)12-6-7-14(26)15(27)9-12)19-23(30-24)33(32-31-19)17-11-18(34)21-20(17)35-25(2,3)36-21/h6-7,9,13,16-18,20-21,34H,4-5,8,10-11H2,1-3H3,(H,28,29,30)/t13-,16+,17+,18-,20-,21+/m0/s1. The summed E-state index contributed by atoms with van der Waals surface area (Å²) in [6, 6.07) is 3.75. The van der Waals surface area contributed by atoms with Gasteiger partial charge in [0.05, 0.1) is 12.1 Å². The van der Waals surface area contributed by atoms with Crippen molar-refractivity contribution in [3.63, 3.8) is 0 Å². The highest BCUT2D eigenvalue weighted by molar-refractivity contribution is 7.99. The number of ether oxygens (including phenoxy) is 2. The van der Waals surface area contributed by atoms with Gasteiger partial charge >= 0.3 is 0 Å². The summed E-state index contributed by atoms with van der Waals surface area (Å²) in [7, 11) is 0. The fraction of sp³-hybridized carbons (Fsp3) is 0.600. The number of nitrogens with one attached hydrogen (secondary N) is 1. The minimum Gasteiger partial charge on any atom is -0.390 e. The summed E-state index contributed by atoms with van der Waals surface area (Å²) in [5, 5.41) is 23.5. The Labute approximate surface area is 217 Å². The number of aliphatic hydroxyl groups excluding tert-OH is 1. The normalized spacial score (nSPS) is 30.1. The average Bonchev–Trinajstić information content (AvgIpc) is 3.21. The molecule has 2 aromatic heterocycles. The number of hydrogen-bond acceptors (Lipinski definition) is 9. The second kappa shape index (κ2) is 9.40. The van der Waals surface area contributed by atoms with Crippen molar-refractivity contribution < 1.29 is 23.4 Å². The maximum Gasteiger partial charge on any atom is 0.191 e. The zero-order chi connectivity index (χ0) is 25.9. The molecule has 3 heterocycles. The first-order valence-electron chi connectivity index (χ1n) is 12.7. The number of benzene rings is 1.